The van der Waals surface area contributed by atoms with Crippen LogP contribution in [0, 0.1) is 5.92 Å². The molecule has 0 N–H and O–H groups in total. The quantitative estimate of drug-likeness (QED) is 0.721. The molecule has 1 atom stereocenters. The van der Waals surface area contributed by atoms with Gasteiger partial charge in [0.2, 0.25) is 5.91 Å². The van der Waals surface area contributed by atoms with Gasteiger partial charge in [-0.05, 0) is 60.6 Å². The molecule has 1 aromatic heterocycles. The summed E-state index contributed by atoms with van der Waals surface area (Å²) in [6.07, 6.45) is 6.46. The Morgan fingerprint density at radius 2 is 2.00 bits per heavy atom. The van der Waals surface area contributed by atoms with Gasteiger partial charge in [-0.3, -0.25) is 9.78 Å². The zero-order valence-corrected chi connectivity index (χ0v) is 17.0. The van der Waals surface area contributed by atoms with Crippen molar-refractivity contribution in [1.29, 1.82) is 0 Å². The molecule has 3 heterocycles. The summed E-state index contributed by atoms with van der Waals surface area (Å²) >= 11 is 1.58. The smallest absolute Gasteiger partial charge is 0.233 e. The molecule has 0 radical (unpaired) electrons. The average Bonchev–Trinajstić information content (AvgIpc) is 2.77. The first-order valence-corrected chi connectivity index (χ1v) is 10.8. The van der Waals surface area contributed by atoms with Gasteiger partial charge in [0, 0.05) is 43.1 Å². The summed E-state index contributed by atoms with van der Waals surface area (Å²) in [5.74, 6) is 2.04. The van der Waals surface area contributed by atoms with Crippen LogP contribution in [0.4, 0.5) is 0 Å². The number of carbonyl (C=O) groups excluding carboxylic acids is 1. The number of carbonyl (C=O) groups is 1. The highest BCUT2D eigenvalue weighted by Gasteiger charge is 2.35. The maximum Gasteiger partial charge on any atom is 0.233 e. The normalized spacial score (nSPS) is 19.9. The molecule has 4 rings (SSSR count). The van der Waals surface area contributed by atoms with Gasteiger partial charge < -0.3 is 14.4 Å². The van der Waals surface area contributed by atoms with Crippen LogP contribution in [-0.2, 0) is 22.5 Å². The molecule has 1 saturated heterocycles. The van der Waals surface area contributed by atoms with E-state index in [9.17, 15) is 4.79 Å². The number of rotatable bonds is 5. The van der Waals surface area contributed by atoms with E-state index >= 15 is 0 Å². The number of ether oxygens (including phenoxy) is 2. The summed E-state index contributed by atoms with van der Waals surface area (Å²) in [6, 6.07) is 10.4. The van der Waals surface area contributed by atoms with Gasteiger partial charge in [0.1, 0.15) is 5.75 Å². The summed E-state index contributed by atoms with van der Waals surface area (Å²) in [7, 11) is 1.70. The highest BCUT2D eigenvalue weighted by molar-refractivity contribution is 8.00. The Morgan fingerprint density at radius 3 is 2.75 bits per heavy atom. The van der Waals surface area contributed by atoms with Crippen molar-refractivity contribution in [3.05, 3.63) is 53.9 Å². The minimum Gasteiger partial charge on any atom is -0.497 e. The fraction of sp³-hybridized carbons (Fsp3) is 0.455. The van der Waals surface area contributed by atoms with E-state index in [0.717, 1.165) is 43.1 Å². The highest BCUT2D eigenvalue weighted by atomic mass is 32.2. The van der Waals surface area contributed by atoms with Crippen LogP contribution in [0.25, 0.3) is 0 Å². The average molecular weight is 399 g/mol. The third kappa shape index (κ3) is 4.33. The highest BCUT2D eigenvalue weighted by Crippen LogP contribution is 2.34. The van der Waals surface area contributed by atoms with E-state index in [1.807, 2.05) is 18.2 Å². The first kappa shape index (κ1) is 19.3. The van der Waals surface area contributed by atoms with E-state index in [4.69, 9.17) is 9.47 Å². The standard InChI is InChI=1S/C22H26N2O3S/c1-26-19-3-2-17-14-24(22(25)15-28-20-4-8-23-9-5-20)21(13-18(17)12-19)16-6-10-27-11-7-16/h2-5,8-9,12,16,21H,6-7,10-11,13-15H2,1H3. The van der Waals surface area contributed by atoms with Gasteiger partial charge in [-0.25, -0.2) is 0 Å². The number of fused-ring (bicyclic) bond motifs is 1. The molecule has 2 aliphatic heterocycles. The lowest BCUT2D eigenvalue weighted by molar-refractivity contribution is -0.134. The number of nitrogens with zero attached hydrogens (tertiary/aromatic N) is 2. The molecular weight excluding hydrogens is 372 g/mol. The van der Waals surface area contributed by atoms with E-state index in [0.29, 0.717) is 18.2 Å². The number of thioether (sulfide) groups is 1. The first-order valence-electron chi connectivity index (χ1n) is 9.80. The maximum absolute atomic E-state index is 13.2. The molecular formula is C22H26N2O3S. The molecule has 1 aromatic carbocycles. The van der Waals surface area contributed by atoms with Crippen molar-refractivity contribution >= 4 is 17.7 Å². The third-order valence-corrected chi connectivity index (χ3v) is 6.72. The Balaban J connectivity index is 1.53. The SMILES string of the molecule is COc1ccc2c(c1)CC(C1CCOCC1)N(C(=O)CSc1ccncc1)C2. The topological polar surface area (TPSA) is 51.7 Å². The Hall–Kier alpha value is -2.05. The van der Waals surface area contributed by atoms with Gasteiger partial charge in [-0.2, -0.15) is 0 Å². The minimum absolute atomic E-state index is 0.208. The van der Waals surface area contributed by atoms with Crippen LogP contribution >= 0.6 is 11.8 Å². The van der Waals surface area contributed by atoms with Crippen LogP contribution < -0.4 is 4.74 Å². The lowest BCUT2D eigenvalue weighted by Gasteiger charge is -2.42. The number of pyridine rings is 1. The van der Waals surface area contributed by atoms with Gasteiger partial charge in [0.25, 0.3) is 0 Å². The van der Waals surface area contributed by atoms with Crippen LogP contribution in [0.3, 0.4) is 0 Å². The zero-order chi connectivity index (χ0) is 19.3. The lowest BCUT2D eigenvalue weighted by Crippen LogP contribution is -2.50. The summed E-state index contributed by atoms with van der Waals surface area (Å²) < 4.78 is 11.0. The van der Waals surface area contributed by atoms with Crippen LogP contribution in [0.15, 0.2) is 47.6 Å². The zero-order valence-electron chi connectivity index (χ0n) is 16.2. The second-order valence-electron chi connectivity index (χ2n) is 7.35. The van der Waals surface area contributed by atoms with Crippen molar-refractivity contribution in [2.75, 3.05) is 26.1 Å². The second kappa shape index (κ2) is 8.97. The third-order valence-electron chi connectivity index (χ3n) is 5.73. The van der Waals surface area contributed by atoms with Crippen molar-refractivity contribution in [3.63, 3.8) is 0 Å². The van der Waals surface area contributed by atoms with Crippen LogP contribution in [0.2, 0.25) is 0 Å². The van der Waals surface area contributed by atoms with Gasteiger partial charge in [0.05, 0.1) is 12.9 Å². The van der Waals surface area contributed by atoms with Crippen molar-refractivity contribution in [2.45, 2.75) is 36.7 Å². The van der Waals surface area contributed by atoms with E-state index in [-0.39, 0.29) is 11.9 Å². The fourth-order valence-corrected chi connectivity index (χ4v) is 4.94. The summed E-state index contributed by atoms with van der Waals surface area (Å²) in [5.41, 5.74) is 2.54. The molecule has 1 unspecified atom stereocenters. The lowest BCUT2D eigenvalue weighted by atomic mass is 9.82. The summed E-state index contributed by atoms with van der Waals surface area (Å²) in [4.78, 5) is 20.4. The van der Waals surface area contributed by atoms with E-state index in [1.165, 1.54) is 11.1 Å². The number of benzene rings is 1. The van der Waals surface area contributed by atoms with Crippen molar-refractivity contribution in [1.82, 2.24) is 9.88 Å². The Bertz CT molecular complexity index is 809. The minimum atomic E-state index is 0.208. The molecule has 5 nitrogen and oxygen atoms in total. The molecule has 1 amide bonds. The van der Waals surface area contributed by atoms with Crippen LogP contribution in [-0.4, -0.2) is 47.9 Å². The van der Waals surface area contributed by atoms with Crippen molar-refractivity contribution in [3.8, 4) is 5.75 Å². The second-order valence-corrected chi connectivity index (χ2v) is 8.40. The molecule has 0 saturated carbocycles. The number of hydrogen-bond acceptors (Lipinski definition) is 5. The Kier molecular flexibility index (Phi) is 6.17. The Morgan fingerprint density at radius 1 is 1.21 bits per heavy atom. The maximum atomic E-state index is 13.2. The number of amides is 1. The fourth-order valence-electron chi connectivity index (χ4n) is 4.17. The molecule has 2 aliphatic rings. The van der Waals surface area contributed by atoms with Crippen molar-refractivity contribution < 1.29 is 14.3 Å². The van der Waals surface area contributed by atoms with Gasteiger partial charge in [-0.1, -0.05) is 6.07 Å². The van der Waals surface area contributed by atoms with Crippen LogP contribution in [0.5, 0.6) is 5.75 Å². The number of aromatic nitrogens is 1. The number of methoxy groups -OCH3 is 1. The molecule has 0 bridgehead atoms. The van der Waals surface area contributed by atoms with E-state index in [1.54, 1.807) is 31.3 Å². The molecule has 1 fully saturated rings. The van der Waals surface area contributed by atoms with Gasteiger partial charge in [0.15, 0.2) is 0 Å². The first-order chi connectivity index (χ1) is 13.7. The Labute approximate surface area is 170 Å². The molecule has 148 valence electrons. The summed E-state index contributed by atoms with van der Waals surface area (Å²) in [6.45, 7) is 2.26. The van der Waals surface area contributed by atoms with Crippen LogP contribution in [0.1, 0.15) is 24.0 Å². The van der Waals surface area contributed by atoms with E-state index in [2.05, 4.69) is 22.0 Å². The van der Waals surface area contributed by atoms with Gasteiger partial charge >= 0.3 is 0 Å². The predicted octanol–water partition coefficient (Wildman–Crippen LogP) is 3.56. The monoisotopic (exact) mass is 398 g/mol. The molecule has 6 heteroatoms. The summed E-state index contributed by atoms with van der Waals surface area (Å²) in [5, 5.41) is 0. The molecule has 2 aromatic rings. The van der Waals surface area contributed by atoms with E-state index < -0.39 is 0 Å². The predicted molar refractivity (Wildman–Crippen MR) is 110 cm³/mol. The molecule has 0 aliphatic carbocycles. The largest absolute Gasteiger partial charge is 0.497 e. The van der Waals surface area contributed by atoms with Crippen molar-refractivity contribution in [2.24, 2.45) is 5.92 Å². The van der Waals surface area contributed by atoms with Gasteiger partial charge in [-0.15, -0.1) is 11.8 Å². The number of hydrogen-bond donors (Lipinski definition) is 0. The molecule has 0 spiro atoms. The molecule has 28 heavy (non-hydrogen) atoms.